The Morgan fingerprint density at radius 3 is 2.81 bits per heavy atom. The Hall–Kier alpha value is -1.42. The van der Waals surface area contributed by atoms with E-state index in [2.05, 4.69) is 15.6 Å². The van der Waals surface area contributed by atoms with Crippen LogP contribution in [-0.2, 0) is 11.3 Å². The summed E-state index contributed by atoms with van der Waals surface area (Å²) < 4.78 is 0. The van der Waals surface area contributed by atoms with Crippen molar-refractivity contribution in [3.63, 3.8) is 0 Å². The van der Waals surface area contributed by atoms with Gasteiger partial charge in [-0.25, -0.2) is 0 Å². The largest absolute Gasteiger partial charge is 0.352 e. The highest BCUT2D eigenvalue weighted by atomic mass is 16.1. The summed E-state index contributed by atoms with van der Waals surface area (Å²) in [5, 5.41) is 5.86. The van der Waals surface area contributed by atoms with Gasteiger partial charge in [-0.2, -0.15) is 0 Å². The van der Waals surface area contributed by atoms with Gasteiger partial charge in [0.1, 0.15) is 0 Å². The Balaban J connectivity index is 2.39. The molecule has 88 valence electrons. The average molecular weight is 221 g/mol. The van der Waals surface area contributed by atoms with Crippen molar-refractivity contribution < 1.29 is 4.79 Å². The number of hydrogen-bond donors (Lipinski definition) is 2. The molecule has 1 aromatic rings. The maximum atomic E-state index is 11.6. The average Bonchev–Trinajstić information content (AvgIpc) is 2.28. The molecule has 1 aromatic heterocycles. The molecule has 0 saturated heterocycles. The molecular formula is C12H19N3O. The van der Waals surface area contributed by atoms with Crippen LogP contribution >= 0.6 is 0 Å². The number of amides is 1. The Bertz CT molecular complexity index is 335. The molecule has 1 amide bonds. The quantitative estimate of drug-likeness (QED) is 0.775. The summed E-state index contributed by atoms with van der Waals surface area (Å²) >= 11 is 0. The minimum absolute atomic E-state index is 0.0107. The highest BCUT2D eigenvalue weighted by molar-refractivity contribution is 5.78. The van der Waals surface area contributed by atoms with Crippen molar-refractivity contribution >= 4 is 5.91 Å². The van der Waals surface area contributed by atoms with E-state index in [0.29, 0.717) is 13.1 Å². The van der Waals surface area contributed by atoms with Gasteiger partial charge in [0.05, 0.1) is 0 Å². The number of carbonyl (C=O) groups excluding carboxylic acids is 1. The molecule has 1 unspecified atom stereocenters. The molecule has 0 aliphatic rings. The van der Waals surface area contributed by atoms with Crippen molar-refractivity contribution in [3.05, 3.63) is 29.6 Å². The number of nitrogens with zero attached hydrogens (tertiary/aromatic N) is 1. The van der Waals surface area contributed by atoms with E-state index in [0.717, 1.165) is 11.3 Å². The number of aryl methyl sites for hydroxylation is 1. The van der Waals surface area contributed by atoms with E-state index in [1.807, 2.05) is 33.0 Å². The topological polar surface area (TPSA) is 54.0 Å². The number of rotatable bonds is 5. The number of nitrogens with one attached hydrogen (secondary N) is 2. The van der Waals surface area contributed by atoms with E-state index in [1.54, 1.807) is 6.20 Å². The molecule has 0 radical (unpaired) electrons. The summed E-state index contributed by atoms with van der Waals surface area (Å²) in [7, 11) is 1.84. The van der Waals surface area contributed by atoms with Gasteiger partial charge in [-0.05, 0) is 25.6 Å². The van der Waals surface area contributed by atoms with E-state index >= 15 is 0 Å². The summed E-state index contributed by atoms with van der Waals surface area (Å²) in [6.45, 7) is 5.08. The molecule has 1 heterocycles. The Morgan fingerprint density at radius 1 is 1.50 bits per heavy atom. The molecule has 4 nitrogen and oxygen atoms in total. The van der Waals surface area contributed by atoms with Crippen LogP contribution in [-0.4, -0.2) is 24.5 Å². The van der Waals surface area contributed by atoms with Crippen LogP contribution in [0.15, 0.2) is 18.3 Å². The van der Waals surface area contributed by atoms with Crippen LogP contribution in [0.5, 0.6) is 0 Å². The van der Waals surface area contributed by atoms with Crippen LogP contribution in [0.4, 0.5) is 0 Å². The summed E-state index contributed by atoms with van der Waals surface area (Å²) in [6.07, 6.45) is 1.79. The van der Waals surface area contributed by atoms with Gasteiger partial charge in [-0.15, -0.1) is 0 Å². The summed E-state index contributed by atoms with van der Waals surface area (Å²) in [6, 6.07) is 3.92. The minimum atomic E-state index is -0.0107. The zero-order chi connectivity index (χ0) is 12.0. The van der Waals surface area contributed by atoms with Gasteiger partial charge in [0.15, 0.2) is 0 Å². The highest BCUT2D eigenvalue weighted by Gasteiger charge is 2.10. The predicted molar refractivity (Wildman–Crippen MR) is 63.9 cm³/mol. The van der Waals surface area contributed by atoms with Crippen LogP contribution < -0.4 is 10.6 Å². The van der Waals surface area contributed by atoms with E-state index in [1.165, 1.54) is 0 Å². The third-order valence-electron chi connectivity index (χ3n) is 2.40. The van der Waals surface area contributed by atoms with Gasteiger partial charge in [-0.1, -0.05) is 13.0 Å². The zero-order valence-corrected chi connectivity index (χ0v) is 10.1. The molecule has 0 aromatic carbocycles. The van der Waals surface area contributed by atoms with Gasteiger partial charge in [0.25, 0.3) is 0 Å². The standard InChI is InChI=1S/C12H19N3O/c1-9(6-13-3)12(16)15-8-11-5-4-10(2)14-7-11/h4-5,7,9,13H,6,8H2,1-3H3,(H,15,16). The maximum Gasteiger partial charge on any atom is 0.224 e. The van der Waals surface area contributed by atoms with E-state index in [9.17, 15) is 4.79 Å². The third kappa shape index (κ3) is 3.98. The van der Waals surface area contributed by atoms with Gasteiger partial charge < -0.3 is 10.6 Å². The van der Waals surface area contributed by atoms with E-state index in [-0.39, 0.29) is 11.8 Å². The lowest BCUT2D eigenvalue weighted by Crippen LogP contribution is -2.33. The Labute approximate surface area is 96.5 Å². The van der Waals surface area contributed by atoms with Crippen molar-refractivity contribution in [3.8, 4) is 0 Å². The smallest absolute Gasteiger partial charge is 0.224 e. The van der Waals surface area contributed by atoms with Crippen LogP contribution in [0.3, 0.4) is 0 Å². The summed E-state index contributed by atoms with van der Waals surface area (Å²) in [4.78, 5) is 15.8. The fourth-order valence-electron chi connectivity index (χ4n) is 1.37. The Morgan fingerprint density at radius 2 is 2.25 bits per heavy atom. The highest BCUT2D eigenvalue weighted by Crippen LogP contribution is 2.00. The molecule has 0 aliphatic heterocycles. The van der Waals surface area contributed by atoms with Crippen LogP contribution in [0, 0.1) is 12.8 Å². The zero-order valence-electron chi connectivity index (χ0n) is 10.1. The van der Waals surface area contributed by atoms with Crippen LogP contribution in [0.2, 0.25) is 0 Å². The van der Waals surface area contributed by atoms with Gasteiger partial charge in [-0.3, -0.25) is 9.78 Å². The lowest BCUT2D eigenvalue weighted by atomic mass is 10.1. The second-order valence-electron chi connectivity index (χ2n) is 3.98. The SMILES string of the molecule is CNCC(C)C(=O)NCc1ccc(C)nc1. The molecule has 2 N–H and O–H groups in total. The second-order valence-corrected chi connectivity index (χ2v) is 3.98. The van der Waals surface area contributed by atoms with Gasteiger partial charge >= 0.3 is 0 Å². The van der Waals surface area contributed by atoms with Crippen molar-refractivity contribution in [1.29, 1.82) is 0 Å². The first-order chi connectivity index (χ1) is 7.63. The molecule has 0 spiro atoms. The fraction of sp³-hybridized carbons (Fsp3) is 0.500. The van der Waals surface area contributed by atoms with Crippen LogP contribution in [0.1, 0.15) is 18.2 Å². The number of pyridine rings is 1. The second kappa shape index (κ2) is 6.23. The monoisotopic (exact) mass is 221 g/mol. The molecule has 0 bridgehead atoms. The Kier molecular flexibility index (Phi) is 4.92. The van der Waals surface area contributed by atoms with Gasteiger partial charge in [0, 0.05) is 30.9 Å². The fourth-order valence-corrected chi connectivity index (χ4v) is 1.37. The molecular weight excluding hydrogens is 202 g/mol. The maximum absolute atomic E-state index is 11.6. The predicted octanol–water partition coefficient (Wildman–Crippen LogP) is 0.862. The van der Waals surface area contributed by atoms with Gasteiger partial charge in [0.2, 0.25) is 5.91 Å². The first kappa shape index (κ1) is 12.6. The van der Waals surface area contributed by atoms with Crippen molar-refractivity contribution in [2.24, 2.45) is 5.92 Å². The van der Waals surface area contributed by atoms with Crippen molar-refractivity contribution in [2.75, 3.05) is 13.6 Å². The lowest BCUT2D eigenvalue weighted by Gasteiger charge is -2.11. The molecule has 1 atom stereocenters. The molecule has 16 heavy (non-hydrogen) atoms. The third-order valence-corrected chi connectivity index (χ3v) is 2.40. The molecule has 0 fully saturated rings. The molecule has 4 heteroatoms. The molecule has 1 rings (SSSR count). The first-order valence-electron chi connectivity index (χ1n) is 5.47. The summed E-state index contributed by atoms with van der Waals surface area (Å²) in [5.74, 6) is 0.0540. The lowest BCUT2D eigenvalue weighted by molar-refractivity contribution is -0.124. The minimum Gasteiger partial charge on any atom is -0.352 e. The normalized spacial score (nSPS) is 12.2. The molecule has 0 aliphatic carbocycles. The number of aromatic nitrogens is 1. The first-order valence-corrected chi connectivity index (χ1v) is 5.47. The number of hydrogen-bond acceptors (Lipinski definition) is 3. The van der Waals surface area contributed by atoms with Crippen molar-refractivity contribution in [1.82, 2.24) is 15.6 Å². The van der Waals surface area contributed by atoms with Crippen molar-refractivity contribution in [2.45, 2.75) is 20.4 Å². The van der Waals surface area contributed by atoms with Crippen LogP contribution in [0.25, 0.3) is 0 Å². The van der Waals surface area contributed by atoms with E-state index < -0.39 is 0 Å². The summed E-state index contributed by atoms with van der Waals surface area (Å²) in [5.41, 5.74) is 2.01. The molecule has 0 saturated carbocycles. The number of carbonyl (C=O) groups is 1. The van der Waals surface area contributed by atoms with E-state index in [4.69, 9.17) is 0 Å².